The van der Waals surface area contributed by atoms with Crippen LogP contribution in [0.15, 0.2) is 0 Å². The minimum Gasteiger partial charge on any atom is -0.378 e. The standard InChI is InChI=1S/C14H25NO3/c1-5-18-11-6-10(7-11)8-13(17)15-9-12(16)14(2,3)4/h10-11H,5-9H2,1-4H3,(H,15,17). The van der Waals surface area contributed by atoms with Crippen LogP contribution in [0.3, 0.4) is 0 Å². The number of carbonyl (C=O) groups is 2. The van der Waals surface area contributed by atoms with Crippen LogP contribution in [-0.2, 0) is 14.3 Å². The lowest BCUT2D eigenvalue weighted by molar-refractivity contribution is -0.130. The molecule has 4 nitrogen and oxygen atoms in total. The van der Waals surface area contributed by atoms with Crippen molar-refractivity contribution < 1.29 is 14.3 Å². The monoisotopic (exact) mass is 255 g/mol. The van der Waals surface area contributed by atoms with Crippen LogP contribution >= 0.6 is 0 Å². The van der Waals surface area contributed by atoms with Crippen molar-refractivity contribution in [3.05, 3.63) is 0 Å². The molecule has 1 N–H and O–H groups in total. The molecule has 1 aliphatic carbocycles. The first-order valence-electron chi connectivity index (χ1n) is 6.74. The Morgan fingerprint density at radius 1 is 1.28 bits per heavy atom. The molecule has 4 heteroatoms. The van der Waals surface area contributed by atoms with Crippen LogP contribution in [0.25, 0.3) is 0 Å². The van der Waals surface area contributed by atoms with Crippen LogP contribution in [-0.4, -0.2) is 30.9 Å². The smallest absolute Gasteiger partial charge is 0.220 e. The van der Waals surface area contributed by atoms with Gasteiger partial charge < -0.3 is 10.1 Å². The second-order valence-electron chi connectivity index (χ2n) is 6.07. The van der Waals surface area contributed by atoms with Gasteiger partial charge in [0.25, 0.3) is 0 Å². The van der Waals surface area contributed by atoms with Gasteiger partial charge in [-0.05, 0) is 25.7 Å². The Morgan fingerprint density at radius 2 is 1.89 bits per heavy atom. The number of ether oxygens (including phenoxy) is 1. The second kappa shape index (κ2) is 6.32. The summed E-state index contributed by atoms with van der Waals surface area (Å²) in [5, 5.41) is 2.71. The van der Waals surface area contributed by atoms with Crippen LogP contribution < -0.4 is 5.32 Å². The SMILES string of the molecule is CCOC1CC(CC(=O)NCC(=O)C(C)(C)C)C1. The average molecular weight is 255 g/mol. The van der Waals surface area contributed by atoms with Gasteiger partial charge >= 0.3 is 0 Å². The predicted octanol–water partition coefficient (Wildman–Crippen LogP) is 1.92. The fourth-order valence-corrected chi connectivity index (χ4v) is 1.99. The third-order valence-electron chi connectivity index (χ3n) is 3.35. The van der Waals surface area contributed by atoms with Crippen LogP contribution in [0, 0.1) is 11.3 Å². The highest BCUT2D eigenvalue weighted by atomic mass is 16.5. The lowest BCUT2D eigenvalue weighted by atomic mass is 9.80. The molecule has 0 aliphatic heterocycles. The normalized spacial score (nSPS) is 23.3. The number of Topliss-reactive ketones (excluding diaryl/α,β-unsaturated/α-hetero) is 1. The Labute approximate surface area is 109 Å². The average Bonchev–Trinajstić information content (AvgIpc) is 2.21. The third-order valence-corrected chi connectivity index (χ3v) is 3.35. The highest BCUT2D eigenvalue weighted by Crippen LogP contribution is 2.32. The molecule has 0 aromatic heterocycles. The summed E-state index contributed by atoms with van der Waals surface area (Å²) < 4.78 is 5.45. The first-order chi connectivity index (χ1) is 8.32. The first-order valence-corrected chi connectivity index (χ1v) is 6.74. The number of hydrogen-bond acceptors (Lipinski definition) is 3. The van der Waals surface area contributed by atoms with Crippen molar-refractivity contribution in [2.75, 3.05) is 13.2 Å². The van der Waals surface area contributed by atoms with Crippen molar-refractivity contribution in [2.24, 2.45) is 11.3 Å². The van der Waals surface area contributed by atoms with Crippen molar-refractivity contribution in [1.82, 2.24) is 5.32 Å². The molecule has 1 aliphatic rings. The zero-order chi connectivity index (χ0) is 13.8. The molecule has 0 radical (unpaired) electrons. The van der Waals surface area contributed by atoms with E-state index < -0.39 is 0 Å². The Hall–Kier alpha value is -0.900. The van der Waals surface area contributed by atoms with Crippen molar-refractivity contribution in [1.29, 1.82) is 0 Å². The molecule has 104 valence electrons. The largest absolute Gasteiger partial charge is 0.378 e. The number of hydrogen-bond donors (Lipinski definition) is 1. The lowest BCUT2D eigenvalue weighted by Crippen LogP contribution is -2.39. The minimum atomic E-state index is -0.385. The quantitative estimate of drug-likeness (QED) is 0.789. The highest BCUT2D eigenvalue weighted by molar-refractivity contribution is 5.89. The molecule has 18 heavy (non-hydrogen) atoms. The Morgan fingerprint density at radius 3 is 2.39 bits per heavy atom. The van der Waals surface area contributed by atoms with E-state index in [9.17, 15) is 9.59 Å². The molecular weight excluding hydrogens is 230 g/mol. The molecule has 0 aromatic carbocycles. The van der Waals surface area contributed by atoms with E-state index in [0.717, 1.165) is 19.4 Å². The summed E-state index contributed by atoms with van der Waals surface area (Å²) >= 11 is 0. The zero-order valence-electron chi connectivity index (χ0n) is 11.9. The fraction of sp³-hybridized carbons (Fsp3) is 0.857. The van der Waals surface area contributed by atoms with Gasteiger partial charge in [-0.1, -0.05) is 20.8 Å². The van der Waals surface area contributed by atoms with Gasteiger partial charge in [0.1, 0.15) is 0 Å². The first kappa shape index (κ1) is 15.2. The van der Waals surface area contributed by atoms with Gasteiger partial charge in [0.2, 0.25) is 5.91 Å². The molecule has 0 spiro atoms. The Balaban J connectivity index is 2.14. The minimum absolute atomic E-state index is 0.0208. The number of nitrogens with one attached hydrogen (secondary N) is 1. The van der Waals surface area contributed by atoms with Crippen LogP contribution in [0.2, 0.25) is 0 Å². The zero-order valence-corrected chi connectivity index (χ0v) is 11.9. The molecule has 0 atom stereocenters. The van der Waals surface area contributed by atoms with Gasteiger partial charge in [-0.2, -0.15) is 0 Å². The summed E-state index contributed by atoms with van der Waals surface area (Å²) in [6.45, 7) is 8.45. The summed E-state index contributed by atoms with van der Waals surface area (Å²) in [5.74, 6) is 0.468. The Bertz CT molecular complexity index is 301. The summed E-state index contributed by atoms with van der Waals surface area (Å²) in [5.41, 5.74) is -0.385. The number of ketones is 1. The van der Waals surface area contributed by atoms with E-state index in [1.807, 2.05) is 27.7 Å². The fourth-order valence-electron chi connectivity index (χ4n) is 1.99. The van der Waals surface area contributed by atoms with Gasteiger partial charge in [-0.25, -0.2) is 0 Å². The van der Waals surface area contributed by atoms with Gasteiger partial charge in [0.05, 0.1) is 12.6 Å². The molecule has 0 unspecified atom stereocenters. The van der Waals surface area contributed by atoms with Gasteiger partial charge in [0, 0.05) is 18.4 Å². The van der Waals surface area contributed by atoms with E-state index in [-0.39, 0.29) is 23.7 Å². The predicted molar refractivity (Wildman–Crippen MR) is 70.2 cm³/mol. The summed E-state index contributed by atoms with van der Waals surface area (Å²) in [6, 6.07) is 0. The summed E-state index contributed by atoms with van der Waals surface area (Å²) in [7, 11) is 0. The molecule has 0 heterocycles. The molecule has 1 saturated carbocycles. The van der Waals surface area contributed by atoms with E-state index in [2.05, 4.69) is 5.32 Å². The number of amides is 1. The van der Waals surface area contributed by atoms with Crippen LogP contribution in [0.1, 0.15) is 47.0 Å². The maximum Gasteiger partial charge on any atom is 0.220 e. The van der Waals surface area contributed by atoms with Crippen molar-refractivity contribution >= 4 is 11.7 Å². The molecule has 0 aromatic rings. The highest BCUT2D eigenvalue weighted by Gasteiger charge is 2.31. The second-order valence-corrected chi connectivity index (χ2v) is 6.07. The Kier molecular flexibility index (Phi) is 5.32. The summed E-state index contributed by atoms with van der Waals surface area (Å²) in [4.78, 5) is 23.3. The van der Waals surface area contributed by atoms with Gasteiger partial charge in [-0.15, -0.1) is 0 Å². The third kappa shape index (κ3) is 4.77. The number of rotatable bonds is 6. The van der Waals surface area contributed by atoms with E-state index in [1.54, 1.807) is 0 Å². The lowest BCUT2D eigenvalue weighted by Gasteiger charge is -2.34. The molecule has 0 saturated heterocycles. The van der Waals surface area contributed by atoms with Gasteiger partial charge in [-0.3, -0.25) is 9.59 Å². The van der Waals surface area contributed by atoms with Crippen molar-refractivity contribution in [2.45, 2.75) is 53.1 Å². The molecule has 0 bridgehead atoms. The maximum atomic E-state index is 11.6. The van der Waals surface area contributed by atoms with Gasteiger partial charge in [0.15, 0.2) is 5.78 Å². The van der Waals surface area contributed by atoms with Crippen molar-refractivity contribution in [3.8, 4) is 0 Å². The van der Waals surface area contributed by atoms with Crippen LogP contribution in [0.4, 0.5) is 0 Å². The van der Waals surface area contributed by atoms with E-state index in [1.165, 1.54) is 0 Å². The van der Waals surface area contributed by atoms with E-state index >= 15 is 0 Å². The topological polar surface area (TPSA) is 55.4 Å². The van der Waals surface area contributed by atoms with E-state index in [4.69, 9.17) is 4.74 Å². The molecule has 1 amide bonds. The van der Waals surface area contributed by atoms with E-state index in [0.29, 0.717) is 18.4 Å². The molecular formula is C14H25NO3. The summed E-state index contributed by atoms with van der Waals surface area (Å²) in [6.07, 6.45) is 2.79. The molecule has 1 rings (SSSR count). The van der Waals surface area contributed by atoms with Crippen LogP contribution in [0.5, 0.6) is 0 Å². The van der Waals surface area contributed by atoms with Crippen molar-refractivity contribution in [3.63, 3.8) is 0 Å². The molecule has 1 fully saturated rings. The maximum absolute atomic E-state index is 11.6. The number of carbonyl (C=O) groups excluding carboxylic acids is 2.